The third-order valence-corrected chi connectivity index (χ3v) is 12.0. The number of carbonyl (C=O) groups is 2. The van der Waals surface area contributed by atoms with Crippen molar-refractivity contribution in [3.63, 3.8) is 0 Å². The highest BCUT2D eigenvalue weighted by molar-refractivity contribution is 5.89. The predicted molar refractivity (Wildman–Crippen MR) is 165 cm³/mol. The van der Waals surface area contributed by atoms with Crippen LogP contribution in [0.15, 0.2) is 72.6 Å². The van der Waals surface area contributed by atoms with Gasteiger partial charge < -0.3 is 29.9 Å². The second kappa shape index (κ2) is 11.2. The zero-order valence-electron chi connectivity index (χ0n) is 26.1. The van der Waals surface area contributed by atoms with Crippen molar-refractivity contribution < 1.29 is 39.5 Å². The average Bonchev–Trinajstić information content (AvgIpc) is 3.26. The van der Waals surface area contributed by atoms with E-state index in [2.05, 4.69) is 11.9 Å². The van der Waals surface area contributed by atoms with Crippen molar-refractivity contribution in [3.05, 3.63) is 83.7 Å². The van der Waals surface area contributed by atoms with Gasteiger partial charge >= 0.3 is 11.9 Å². The normalized spacial score (nSPS) is 39.6. The number of hydrogen-bond acceptors (Lipinski definition) is 9. The van der Waals surface area contributed by atoms with Crippen molar-refractivity contribution in [2.75, 3.05) is 0 Å². The summed E-state index contributed by atoms with van der Waals surface area (Å²) in [6, 6.07) is 12.5. The van der Waals surface area contributed by atoms with Crippen LogP contribution in [0.2, 0.25) is 0 Å². The van der Waals surface area contributed by atoms with Gasteiger partial charge in [-0.2, -0.15) is 0 Å². The fraction of sp³-hybridized carbons (Fsp3) is 0.528. The Morgan fingerprint density at radius 3 is 2.51 bits per heavy atom. The summed E-state index contributed by atoms with van der Waals surface area (Å²) in [4.78, 5) is 30.5. The molecule has 3 fully saturated rings. The predicted octanol–water partition coefficient (Wildman–Crippen LogP) is 4.15. The van der Waals surface area contributed by atoms with Gasteiger partial charge in [-0.1, -0.05) is 55.8 Å². The lowest BCUT2D eigenvalue weighted by molar-refractivity contribution is -0.326. The molecule has 0 bridgehead atoms. The maximum absolute atomic E-state index is 13.4. The van der Waals surface area contributed by atoms with Crippen LogP contribution in [0.4, 0.5) is 0 Å². The molecule has 45 heavy (non-hydrogen) atoms. The Labute approximate surface area is 263 Å². The summed E-state index contributed by atoms with van der Waals surface area (Å²) in [6.07, 6.45) is 7.05. The molecule has 1 heterocycles. The highest BCUT2D eigenvalue weighted by Gasteiger charge is 2.81. The van der Waals surface area contributed by atoms with E-state index in [4.69, 9.17) is 9.47 Å². The Morgan fingerprint density at radius 1 is 1.04 bits per heavy atom. The highest BCUT2D eigenvalue weighted by Crippen LogP contribution is 2.71. The van der Waals surface area contributed by atoms with Crippen LogP contribution in [-0.4, -0.2) is 72.5 Å². The number of benzene rings is 1. The monoisotopic (exact) mass is 617 g/mol. The number of ether oxygens (including phenoxy) is 2. The number of nitrogens with zero attached hydrogens (tertiary/aromatic N) is 1. The molecule has 0 saturated heterocycles. The number of fused-ring (bicyclic) bond motifs is 5. The lowest BCUT2D eigenvalue weighted by Crippen LogP contribution is -2.78. The minimum absolute atomic E-state index is 0.00241. The van der Waals surface area contributed by atoms with Crippen molar-refractivity contribution in [3.8, 4) is 0 Å². The summed E-state index contributed by atoms with van der Waals surface area (Å²) in [5, 5.41) is 48.6. The minimum Gasteiger partial charge on any atom is -0.458 e. The molecule has 6 rings (SSSR count). The van der Waals surface area contributed by atoms with Gasteiger partial charge in [-0.3, -0.25) is 4.98 Å². The molecule has 9 heteroatoms. The van der Waals surface area contributed by atoms with E-state index in [1.165, 1.54) is 18.5 Å². The fourth-order valence-corrected chi connectivity index (χ4v) is 9.21. The van der Waals surface area contributed by atoms with Crippen LogP contribution in [0.3, 0.4) is 0 Å². The molecular weight excluding hydrogens is 574 g/mol. The zero-order valence-corrected chi connectivity index (χ0v) is 26.1. The molecule has 3 saturated carbocycles. The van der Waals surface area contributed by atoms with Gasteiger partial charge in [0.1, 0.15) is 29.0 Å². The third kappa shape index (κ3) is 4.70. The molecule has 240 valence electrons. The summed E-state index contributed by atoms with van der Waals surface area (Å²) in [7, 11) is 0. The van der Waals surface area contributed by atoms with Crippen LogP contribution in [0, 0.1) is 16.7 Å². The van der Waals surface area contributed by atoms with E-state index in [0.717, 1.165) is 11.1 Å². The second-order valence-electron chi connectivity index (χ2n) is 13.9. The number of hydrogen-bond donors (Lipinski definition) is 4. The van der Waals surface area contributed by atoms with Crippen LogP contribution >= 0.6 is 0 Å². The smallest absolute Gasteiger partial charge is 0.340 e. The first kappa shape index (κ1) is 31.6. The molecule has 4 aliphatic rings. The Kier molecular flexibility index (Phi) is 7.84. The molecule has 0 amide bonds. The Hall–Kier alpha value is -3.37. The van der Waals surface area contributed by atoms with Crippen LogP contribution < -0.4 is 0 Å². The van der Waals surface area contributed by atoms with Crippen molar-refractivity contribution in [1.29, 1.82) is 0 Å². The van der Waals surface area contributed by atoms with Gasteiger partial charge in [-0.05, 0) is 81.1 Å². The Bertz CT molecular complexity index is 1510. The maximum Gasteiger partial charge on any atom is 0.340 e. The first-order valence-electron chi connectivity index (χ1n) is 15.9. The zero-order chi connectivity index (χ0) is 32.3. The topological polar surface area (TPSA) is 146 Å². The van der Waals surface area contributed by atoms with Gasteiger partial charge in [0.05, 0.1) is 17.1 Å². The summed E-state index contributed by atoms with van der Waals surface area (Å²) >= 11 is 0. The summed E-state index contributed by atoms with van der Waals surface area (Å²) in [6.45, 7) is 5.27. The summed E-state index contributed by atoms with van der Waals surface area (Å²) in [5.41, 5.74) is -5.62. The highest BCUT2D eigenvalue weighted by atomic mass is 16.6. The molecule has 4 aliphatic carbocycles. The number of carbonyl (C=O) groups excluding carboxylic acids is 2. The molecule has 0 spiro atoms. The molecular formula is C36H43NO8. The van der Waals surface area contributed by atoms with Crippen LogP contribution in [-0.2, 0) is 14.3 Å². The van der Waals surface area contributed by atoms with E-state index in [1.807, 2.05) is 36.4 Å². The van der Waals surface area contributed by atoms with Gasteiger partial charge in [-0.15, -0.1) is 0 Å². The average molecular weight is 618 g/mol. The van der Waals surface area contributed by atoms with E-state index in [0.29, 0.717) is 19.3 Å². The van der Waals surface area contributed by atoms with Crippen molar-refractivity contribution in [2.45, 2.75) is 101 Å². The van der Waals surface area contributed by atoms with Crippen LogP contribution in [0.1, 0.15) is 81.6 Å². The van der Waals surface area contributed by atoms with Gasteiger partial charge in [0.15, 0.2) is 0 Å². The molecule has 9 atom stereocenters. The largest absolute Gasteiger partial charge is 0.458 e. The van der Waals surface area contributed by atoms with Crippen molar-refractivity contribution in [1.82, 2.24) is 4.98 Å². The van der Waals surface area contributed by atoms with Crippen LogP contribution in [0.5, 0.6) is 0 Å². The molecule has 1 aromatic heterocycles. The lowest BCUT2D eigenvalue weighted by Gasteiger charge is -2.67. The first-order chi connectivity index (χ1) is 21.3. The third-order valence-electron chi connectivity index (χ3n) is 12.0. The lowest BCUT2D eigenvalue weighted by atomic mass is 9.42. The summed E-state index contributed by atoms with van der Waals surface area (Å²) < 4.78 is 12.0. The first-order valence-corrected chi connectivity index (χ1v) is 15.9. The van der Waals surface area contributed by atoms with Gasteiger partial charge in [0.2, 0.25) is 0 Å². The number of aliphatic hydroxyl groups is 4. The standard InChI is InChI=1S/C36H43NO8/c1-23(44-31(40)25-10-7-19-37-22-25)34(41)17-18-36(43)33(34,3)29(45-30(39)12-11-24-8-5-4-6-9-24)21-28-32(2)15-14-27(38)20-26(32)13-16-35(28,36)42/h4-13,19,22-23,27-29,38,41-43H,14-18,20-21H2,1-3H3/b12-11+/t23-,27+,28-,29-,32+,33-,34-,35+,36-/m1/s1. The van der Waals surface area contributed by atoms with E-state index in [-0.39, 0.29) is 31.2 Å². The molecule has 4 N–H and O–H groups in total. The number of rotatable bonds is 6. The van der Waals surface area contributed by atoms with Crippen LogP contribution in [0.25, 0.3) is 6.08 Å². The molecule has 9 nitrogen and oxygen atoms in total. The van der Waals surface area contributed by atoms with Gasteiger partial charge in [0, 0.05) is 24.4 Å². The van der Waals surface area contributed by atoms with E-state index >= 15 is 0 Å². The Balaban J connectivity index is 1.40. The number of aromatic nitrogens is 1. The number of esters is 2. The number of pyridine rings is 1. The SMILES string of the molecule is C[C@@H](OC(=O)c1cccnc1)[C@]1(O)CC[C@@]2(O)[C@]1(C)[C@H](OC(=O)/C=C/c1ccccc1)C[C@@H]1[C@@]3(C)CC[C@H](O)CC3=CC[C@]12O. The molecule has 1 aromatic carbocycles. The maximum atomic E-state index is 13.4. The molecule has 2 aromatic rings. The minimum atomic E-state index is -1.91. The van der Waals surface area contributed by atoms with Gasteiger partial charge in [0.25, 0.3) is 0 Å². The quantitative estimate of drug-likeness (QED) is 0.213. The van der Waals surface area contributed by atoms with E-state index in [9.17, 15) is 30.0 Å². The van der Waals surface area contributed by atoms with Crippen molar-refractivity contribution in [2.24, 2.45) is 16.7 Å². The van der Waals surface area contributed by atoms with E-state index < -0.39 is 63.8 Å². The molecule has 0 aliphatic heterocycles. The molecule has 0 radical (unpaired) electrons. The molecule has 0 unspecified atom stereocenters. The summed E-state index contributed by atoms with van der Waals surface area (Å²) in [5.74, 6) is -1.86. The second-order valence-corrected chi connectivity index (χ2v) is 13.9. The van der Waals surface area contributed by atoms with E-state index in [1.54, 1.807) is 32.1 Å². The number of aliphatic hydroxyl groups excluding tert-OH is 1. The Morgan fingerprint density at radius 2 is 1.80 bits per heavy atom. The fourth-order valence-electron chi connectivity index (χ4n) is 9.21. The van der Waals surface area contributed by atoms with Gasteiger partial charge in [-0.25, -0.2) is 9.59 Å². The van der Waals surface area contributed by atoms with Crippen molar-refractivity contribution >= 4 is 18.0 Å².